The molecule has 8 heteroatoms. The summed E-state index contributed by atoms with van der Waals surface area (Å²) in [5.74, 6) is 0. The summed E-state index contributed by atoms with van der Waals surface area (Å²) < 4.78 is 4.54. The first kappa shape index (κ1) is 20.0. The van der Waals surface area contributed by atoms with E-state index in [4.69, 9.17) is 0 Å². The highest BCUT2D eigenvalue weighted by Gasteiger charge is 2.10. The van der Waals surface area contributed by atoms with Gasteiger partial charge in [0.25, 0.3) is 0 Å². The average Bonchev–Trinajstić information content (AvgIpc) is 2.75. The van der Waals surface area contributed by atoms with E-state index in [1.54, 1.807) is 11.8 Å². The van der Waals surface area contributed by atoms with E-state index < -0.39 is 6.09 Å². The van der Waals surface area contributed by atoms with E-state index in [0.29, 0.717) is 0 Å². The quantitative estimate of drug-likeness (QED) is 0.490. The van der Waals surface area contributed by atoms with Crippen LogP contribution in [-0.2, 0) is 4.74 Å². The molecule has 0 spiro atoms. The summed E-state index contributed by atoms with van der Waals surface area (Å²) in [6.45, 7) is 8.03. The fourth-order valence-corrected chi connectivity index (χ4v) is 3.77. The van der Waals surface area contributed by atoms with E-state index in [2.05, 4.69) is 61.6 Å². The highest BCUT2D eigenvalue weighted by molar-refractivity contribution is 7.99. The Morgan fingerprint density at radius 3 is 2.61 bits per heavy atom. The van der Waals surface area contributed by atoms with Gasteiger partial charge < -0.3 is 25.6 Å². The second-order valence-corrected chi connectivity index (χ2v) is 7.34. The van der Waals surface area contributed by atoms with Crippen molar-refractivity contribution >= 4 is 41.6 Å². The van der Waals surface area contributed by atoms with E-state index in [1.165, 1.54) is 17.7 Å². The Kier molecular flexibility index (Phi) is 7.16. The lowest BCUT2D eigenvalue weighted by molar-refractivity contribution is 0.172. The number of hydrogen-bond donors (Lipinski definition) is 3. The first-order valence-electron chi connectivity index (χ1n) is 9.09. The van der Waals surface area contributed by atoms with Crippen molar-refractivity contribution in [1.29, 1.82) is 0 Å². The number of aliphatic imine (C=N–C) groups is 1. The van der Waals surface area contributed by atoms with Gasteiger partial charge in [0.2, 0.25) is 0 Å². The van der Waals surface area contributed by atoms with Gasteiger partial charge in [-0.15, -0.1) is 0 Å². The lowest BCUT2D eigenvalue weighted by atomic mass is 10.2. The van der Waals surface area contributed by atoms with Gasteiger partial charge in [0.15, 0.2) is 0 Å². The van der Waals surface area contributed by atoms with Gasteiger partial charge in [-0.05, 0) is 49.2 Å². The zero-order chi connectivity index (χ0) is 19.8. The van der Waals surface area contributed by atoms with Gasteiger partial charge in [-0.1, -0.05) is 11.8 Å². The van der Waals surface area contributed by atoms with Crippen LogP contribution < -0.4 is 20.9 Å². The molecule has 3 rings (SSSR count). The number of benzene rings is 2. The maximum atomic E-state index is 11.1. The standard InChI is InChI=1S/C20H25N5O2S/c1-21-19-13-17(7-8-18(19)23-14-24-20(26)27-2)28-16-5-3-15(4-6-16)25-11-9-22-10-12-25/h3-8,13,22-23H,1,9-12,14H2,2H3,(H,24,26). The molecular formula is C20H25N5O2S. The van der Waals surface area contributed by atoms with Crippen molar-refractivity contribution < 1.29 is 9.53 Å². The Labute approximate surface area is 169 Å². The van der Waals surface area contributed by atoms with Crippen molar-refractivity contribution in [3.8, 4) is 0 Å². The maximum Gasteiger partial charge on any atom is 0.408 e. The molecular weight excluding hydrogens is 374 g/mol. The Hall–Kier alpha value is -2.71. The van der Waals surface area contributed by atoms with Gasteiger partial charge in [0, 0.05) is 41.7 Å². The Balaban J connectivity index is 1.62. The molecule has 0 bridgehead atoms. The Morgan fingerprint density at radius 2 is 1.93 bits per heavy atom. The average molecular weight is 400 g/mol. The van der Waals surface area contributed by atoms with Crippen molar-refractivity contribution in [1.82, 2.24) is 10.6 Å². The van der Waals surface area contributed by atoms with Gasteiger partial charge in [-0.3, -0.25) is 4.99 Å². The summed E-state index contributed by atoms with van der Waals surface area (Å²) in [4.78, 5) is 19.8. The number of methoxy groups -OCH3 is 1. The number of hydrogen-bond acceptors (Lipinski definition) is 7. The number of carbonyl (C=O) groups excluding carboxylic acids is 1. The van der Waals surface area contributed by atoms with Crippen LogP contribution in [0.1, 0.15) is 0 Å². The molecule has 0 unspecified atom stereocenters. The molecule has 2 aromatic rings. The fraction of sp³-hybridized carbons (Fsp3) is 0.300. The van der Waals surface area contributed by atoms with Gasteiger partial charge in [-0.25, -0.2) is 4.79 Å². The van der Waals surface area contributed by atoms with Crippen LogP contribution in [0.2, 0.25) is 0 Å². The number of carbonyl (C=O) groups is 1. The lowest BCUT2D eigenvalue weighted by Crippen LogP contribution is -2.43. The minimum atomic E-state index is -0.489. The highest BCUT2D eigenvalue weighted by atomic mass is 32.2. The number of piperazine rings is 1. The SMILES string of the molecule is C=Nc1cc(Sc2ccc(N3CCNCC3)cc2)ccc1NCNC(=O)OC. The van der Waals surface area contributed by atoms with Crippen LogP contribution in [0.3, 0.4) is 0 Å². The zero-order valence-electron chi connectivity index (χ0n) is 15.9. The van der Waals surface area contributed by atoms with Gasteiger partial charge in [0.1, 0.15) is 0 Å². The maximum absolute atomic E-state index is 11.1. The van der Waals surface area contributed by atoms with Crippen molar-refractivity contribution in [2.45, 2.75) is 9.79 Å². The number of alkyl carbamates (subject to hydrolysis) is 1. The summed E-state index contributed by atoms with van der Waals surface area (Å²) in [6, 6.07) is 14.6. The third-order valence-electron chi connectivity index (χ3n) is 4.39. The third-order valence-corrected chi connectivity index (χ3v) is 5.39. The van der Waals surface area contributed by atoms with Crippen LogP contribution in [0, 0.1) is 0 Å². The van der Waals surface area contributed by atoms with Crippen LogP contribution in [-0.4, -0.2) is 52.8 Å². The number of rotatable bonds is 7. The molecule has 148 valence electrons. The molecule has 0 aromatic heterocycles. The monoisotopic (exact) mass is 399 g/mol. The van der Waals surface area contributed by atoms with E-state index in [9.17, 15) is 4.79 Å². The number of nitrogens with one attached hydrogen (secondary N) is 3. The molecule has 1 aliphatic rings. The van der Waals surface area contributed by atoms with E-state index in [1.807, 2.05) is 18.2 Å². The van der Waals surface area contributed by atoms with Crippen LogP contribution >= 0.6 is 11.8 Å². The number of nitrogens with zero attached hydrogens (tertiary/aromatic N) is 2. The molecule has 1 amide bonds. The molecule has 28 heavy (non-hydrogen) atoms. The third kappa shape index (κ3) is 5.40. The molecule has 0 radical (unpaired) electrons. The first-order chi connectivity index (χ1) is 13.7. The Morgan fingerprint density at radius 1 is 1.21 bits per heavy atom. The van der Waals surface area contributed by atoms with E-state index in [0.717, 1.165) is 42.4 Å². The van der Waals surface area contributed by atoms with Crippen LogP contribution in [0.25, 0.3) is 0 Å². The fourth-order valence-electron chi connectivity index (χ4n) is 2.92. The Bertz CT molecular complexity index is 807. The molecule has 1 fully saturated rings. The molecule has 0 saturated carbocycles. The van der Waals surface area contributed by atoms with Gasteiger partial charge >= 0.3 is 6.09 Å². The van der Waals surface area contributed by atoms with Crippen molar-refractivity contribution in [3.05, 3.63) is 42.5 Å². The predicted molar refractivity (Wildman–Crippen MR) is 115 cm³/mol. The highest BCUT2D eigenvalue weighted by Crippen LogP contribution is 2.34. The van der Waals surface area contributed by atoms with Crippen molar-refractivity contribution in [3.63, 3.8) is 0 Å². The zero-order valence-corrected chi connectivity index (χ0v) is 16.7. The second kappa shape index (κ2) is 10.0. The number of ether oxygens (including phenoxy) is 1. The largest absolute Gasteiger partial charge is 0.453 e. The summed E-state index contributed by atoms with van der Waals surface area (Å²) >= 11 is 1.68. The van der Waals surface area contributed by atoms with Crippen LogP contribution in [0.15, 0.2) is 57.2 Å². The minimum Gasteiger partial charge on any atom is -0.453 e. The minimum absolute atomic E-state index is 0.245. The molecule has 3 N–H and O–H groups in total. The van der Waals surface area contributed by atoms with Gasteiger partial charge in [0.05, 0.1) is 25.2 Å². The van der Waals surface area contributed by atoms with E-state index in [-0.39, 0.29) is 6.67 Å². The summed E-state index contributed by atoms with van der Waals surface area (Å²) in [5, 5.41) is 9.04. The first-order valence-corrected chi connectivity index (χ1v) is 9.91. The number of amides is 1. The van der Waals surface area contributed by atoms with E-state index >= 15 is 0 Å². The van der Waals surface area contributed by atoms with Gasteiger partial charge in [-0.2, -0.15) is 0 Å². The molecule has 2 aromatic carbocycles. The summed E-state index contributed by atoms with van der Waals surface area (Å²) in [6.07, 6.45) is -0.489. The molecule has 7 nitrogen and oxygen atoms in total. The molecule has 0 atom stereocenters. The summed E-state index contributed by atoms with van der Waals surface area (Å²) in [7, 11) is 1.33. The van der Waals surface area contributed by atoms with Crippen molar-refractivity contribution in [2.24, 2.45) is 4.99 Å². The molecule has 1 saturated heterocycles. The summed E-state index contributed by atoms with van der Waals surface area (Å²) in [5.41, 5.74) is 2.79. The molecule has 1 heterocycles. The normalized spacial score (nSPS) is 13.7. The van der Waals surface area contributed by atoms with Crippen LogP contribution in [0.5, 0.6) is 0 Å². The predicted octanol–water partition coefficient (Wildman–Crippen LogP) is 3.30. The number of anilines is 2. The smallest absolute Gasteiger partial charge is 0.408 e. The topological polar surface area (TPSA) is 78.0 Å². The second-order valence-electron chi connectivity index (χ2n) is 6.19. The molecule has 1 aliphatic heterocycles. The van der Waals surface area contributed by atoms with Crippen molar-refractivity contribution in [2.75, 3.05) is 50.2 Å². The molecule has 0 aliphatic carbocycles. The lowest BCUT2D eigenvalue weighted by Gasteiger charge is -2.29. The van der Waals surface area contributed by atoms with Crippen LogP contribution in [0.4, 0.5) is 21.9 Å².